The molecule has 1 aliphatic carbocycles. The van der Waals surface area contributed by atoms with E-state index in [1.165, 1.54) is 0 Å². The number of hydrogen-bond acceptors (Lipinski definition) is 3. The summed E-state index contributed by atoms with van der Waals surface area (Å²) in [4.78, 5) is 28.6. The van der Waals surface area contributed by atoms with Crippen molar-refractivity contribution in [2.45, 2.75) is 38.1 Å². The summed E-state index contributed by atoms with van der Waals surface area (Å²) in [5.41, 5.74) is 0. The number of carbonyl (C=O) groups is 2. The van der Waals surface area contributed by atoms with E-state index in [9.17, 15) is 9.59 Å². The molecule has 5 heteroatoms. The zero-order valence-electron chi connectivity index (χ0n) is 12.3. The summed E-state index contributed by atoms with van der Waals surface area (Å²) >= 11 is 0. The predicted molar refractivity (Wildman–Crippen MR) is 76.1 cm³/mol. The molecule has 2 atom stereocenters. The summed E-state index contributed by atoms with van der Waals surface area (Å²) < 4.78 is 0. The monoisotopic (exact) mass is 279 g/mol. The van der Waals surface area contributed by atoms with Gasteiger partial charge in [0, 0.05) is 38.6 Å². The minimum Gasteiger partial charge on any atom is -0.342 e. The van der Waals surface area contributed by atoms with Crippen molar-refractivity contribution in [1.29, 1.82) is 0 Å². The van der Waals surface area contributed by atoms with Crippen molar-refractivity contribution in [3.63, 3.8) is 0 Å². The van der Waals surface area contributed by atoms with Gasteiger partial charge < -0.3 is 15.1 Å². The standard InChI is InChI=1S/C15H25N3O2/c1-17(13-6-7-16-9-13)14(19)12-3-2-8-18(10-12)15(20)11-4-5-11/h11-13,16H,2-10H2,1H3. The Balaban J connectivity index is 1.57. The fourth-order valence-electron chi connectivity index (χ4n) is 3.41. The van der Waals surface area contributed by atoms with E-state index in [1.807, 2.05) is 16.8 Å². The Morgan fingerprint density at radius 1 is 1.15 bits per heavy atom. The van der Waals surface area contributed by atoms with E-state index in [4.69, 9.17) is 0 Å². The molecule has 5 nitrogen and oxygen atoms in total. The molecule has 0 radical (unpaired) electrons. The molecule has 3 rings (SSSR count). The molecule has 2 aliphatic heterocycles. The zero-order valence-corrected chi connectivity index (χ0v) is 12.3. The normalized spacial score (nSPS) is 30.4. The highest BCUT2D eigenvalue weighted by Crippen LogP contribution is 2.32. The van der Waals surface area contributed by atoms with Gasteiger partial charge in [0.05, 0.1) is 5.92 Å². The molecule has 2 unspecified atom stereocenters. The van der Waals surface area contributed by atoms with Gasteiger partial charge in [-0.15, -0.1) is 0 Å². The Labute approximate surface area is 120 Å². The number of nitrogens with zero attached hydrogens (tertiary/aromatic N) is 2. The average Bonchev–Trinajstić information content (AvgIpc) is 3.19. The summed E-state index contributed by atoms with van der Waals surface area (Å²) in [6.45, 7) is 3.38. The number of likely N-dealkylation sites (N-methyl/N-ethyl adjacent to an activating group) is 1. The lowest BCUT2D eigenvalue weighted by molar-refractivity contribution is -0.141. The quantitative estimate of drug-likeness (QED) is 0.816. The smallest absolute Gasteiger partial charge is 0.227 e. The maximum atomic E-state index is 12.6. The van der Waals surface area contributed by atoms with Gasteiger partial charge in [-0.25, -0.2) is 0 Å². The molecular formula is C15H25N3O2. The minimum absolute atomic E-state index is 0.0112. The van der Waals surface area contributed by atoms with Crippen molar-refractivity contribution in [2.24, 2.45) is 11.8 Å². The van der Waals surface area contributed by atoms with Crippen molar-refractivity contribution in [2.75, 3.05) is 33.2 Å². The molecule has 2 amide bonds. The van der Waals surface area contributed by atoms with Crippen LogP contribution >= 0.6 is 0 Å². The van der Waals surface area contributed by atoms with Crippen molar-refractivity contribution in [3.8, 4) is 0 Å². The third-order valence-corrected chi connectivity index (χ3v) is 4.94. The van der Waals surface area contributed by atoms with Crippen molar-refractivity contribution >= 4 is 11.8 Å². The number of carbonyl (C=O) groups excluding carboxylic acids is 2. The van der Waals surface area contributed by atoms with Crippen LogP contribution in [0.4, 0.5) is 0 Å². The second-order valence-electron chi connectivity index (χ2n) is 6.49. The van der Waals surface area contributed by atoms with E-state index in [2.05, 4.69) is 5.32 Å². The van der Waals surface area contributed by atoms with Crippen LogP contribution in [0.25, 0.3) is 0 Å². The van der Waals surface area contributed by atoms with Crippen LogP contribution in [-0.4, -0.2) is 60.9 Å². The largest absolute Gasteiger partial charge is 0.342 e. The predicted octanol–water partition coefficient (Wildman–Crippen LogP) is 0.455. The Morgan fingerprint density at radius 2 is 1.95 bits per heavy atom. The fraction of sp³-hybridized carbons (Fsp3) is 0.867. The maximum absolute atomic E-state index is 12.6. The Kier molecular flexibility index (Phi) is 3.96. The fourth-order valence-corrected chi connectivity index (χ4v) is 3.41. The van der Waals surface area contributed by atoms with Crippen LogP contribution in [0, 0.1) is 11.8 Å². The van der Waals surface area contributed by atoms with E-state index in [-0.39, 0.29) is 23.7 Å². The summed E-state index contributed by atoms with van der Waals surface area (Å²) in [7, 11) is 1.92. The molecule has 0 bridgehead atoms. The molecule has 20 heavy (non-hydrogen) atoms. The van der Waals surface area contributed by atoms with Gasteiger partial charge in [0.15, 0.2) is 0 Å². The number of likely N-dealkylation sites (tertiary alicyclic amines) is 1. The number of hydrogen-bond donors (Lipinski definition) is 1. The second-order valence-corrected chi connectivity index (χ2v) is 6.49. The Morgan fingerprint density at radius 3 is 2.60 bits per heavy atom. The number of rotatable bonds is 3. The molecule has 112 valence electrons. The molecule has 0 spiro atoms. The second kappa shape index (κ2) is 5.72. The topological polar surface area (TPSA) is 52.7 Å². The van der Waals surface area contributed by atoms with Crippen molar-refractivity contribution < 1.29 is 9.59 Å². The van der Waals surface area contributed by atoms with Crippen LogP contribution in [0.15, 0.2) is 0 Å². The Hall–Kier alpha value is -1.10. The first kappa shape index (κ1) is 13.9. The molecule has 1 saturated carbocycles. The van der Waals surface area contributed by atoms with Crippen LogP contribution < -0.4 is 5.32 Å². The molecule has 0 aromatic heterocycles. The molecule has 3 aliphatic rings. The number of amides is 2. The third-order valence-electron chi connectivity index (χ3n) is 4.94. The first-order chi connectivity index (χ1) is 9.66. The van der Waals surface area contributed by atoms with Gasteiger partial charge in [-0.3, -0.25) is 9.59 Å². The van der Waals surface area contributed by atoms with E-state index in [1.54, 1.807) is 0 Å². The SMILES string of the molecule is CN(C(=O)C1CCCN(C(=O)C2CC2)C1)C1CCNC1. The maximum Gasteiger partial charge on any atom is 0.227 e. The van der Waals surface area contributed by atoms with E-state index in [0.717, 1.165) is 51.7 Å². The van der Waals surface area contributed by atoms with E-state index in [0.29, 0.717) is 12.6 Å². The van der Waals surface area contributed by atoms with Gasteiger partial charge >= 0.3 is 0 Å². The summed E-state index contributed by atoms with van der Waals surface area (Å²) in [6, 6.07) is 0.331. The number of piperidine rings is 1. The summed E-state index contributed by atoms with van der Waals surface area (Å²) in [5, 5.41) is 3.30. The van der Waals surface area contributed by atoms with Crippen molar-refractivity contribution in [3.05, 3.63) is 0 Å². The van der Waals surface area contributed by atoms with E-state index < -0.39 is 0 Å². The highest BCUT2D eigenvalue weighted by molar-refractivity contribution is 5.83. The average molecular weight is 279 g/mol. The van der Waals surface area contributed by atoms with Crippen LogP contribution in [0.1, 0.15) is 32.1 Å². The summed E-state index contributed by atoms with van der Waals surface area (Å²) in [5.74, 6) is 0.789. The van der Waals surface area contributed by atoms with Gasteiger partial charge in [0.2, 0.25) is 11.8 Å². The third kappa shape index (κ3) is 2.82. The molecule has 0 aromatic carbocycles. The van der Waals surface area contributed by atoms with Crippen LogP contribution in [-0.2, 0) is 9.59 Å². The first-order valence-corrected chi connectivity index (χ1v) is 7.93. The molecule has 3 fully saturated rings. The van der Waals surface area contributed by atoms with Crippen LogP contribution in [0.3, 0.4) is 0 Å². The van der Waals surface area contributed by atoms with Crippen LogP contribution in [0.5, 0.6) is 0 Å². The van der Waals surface area contributed by atoms with Gasteiger partial charge in [-0.1, -0.05) is 0 Å². The molecular weight excluding hydrogens is 254 g/mol. The van der Waals surface area contributed by atoms with Gasteiger partial charge in [-0.05, 0) is 38.6 Å². The lowest BCUT2D eigenvalue weighted by atomic mass is 9.95. The van der Waals surface area contributed by atoms with Crippen molar-refractivity contribution in [1.82, 2.24) is 15.1 Å². The van der Waals surface area contributed by atoms with Gasteiger partial charge in [0.25, 0.3) is 0 Å². The van der Waals surface area contributed by atoms with Gasteiger partial charge in [-0.2, -0.15) is 0 Å². The minimum atomic E-state index is 0.0112. The van der Waals surface area contributed by atoms with Crippen LogP contribution in [0.2, 0.25) is 0 Å². The highest BCUT2D eigenvalue weighted by atomic mass is 16.2. The molecule has 2 saturated heterocycles. The first-order valence-electron chi connectivity index (χ1n) is 7.93. The van der Waals surface area contributed by atoms with E-state index >= 15 is 0 Å². The Bertz CT molecular complexity index is 389. The summed E-state index contributed by atoms with van der Waals surface area (Å²) in [6.07, 6.45) is 5.02. The lowest BCUT2D eigenvalue weighted by Crippen LogP contribution is -2.49. The zero-order chi connectivity index (χ0) is 14.1. The van der Waals surface area contributed by atoms with Gasteiger partial charge in [0.1, 0.15) is 0 Å². The molecule has 2 heterocycles. The number of nitrogens with one attached hydrogen (secondary N) is 1. The highest BCUT2D eigenvalue weighted by Gasteiger charge is 2.38. The molecule has 0 aromatic rings. The lowest BCUT2D eigenvalue weighted by Gasteiger charge is -2.35. The molecule has 1 N–H and O–H groups in total.